The molecule has 168 valence electrons. The summed E-state index contributed by atoms with van der Waals surface area (Å²) in [5.74, 6) is -0.202. The minimum atomic E-state index is -3.91. The van der Waals surface area contributed by atoms with E-state index in [4.69, 9.17) is 16.3 Å². The molecule has 0 heterocycles. The number of amides is 2. The molecular formula is C21H26ClN3O5S. The number of likely N-dealkylation sites (N-methyl/N-ethyl adjacent to an activating group) is 2. The highest BCUT2D eigenvalue weighted by molar-refractivity contribution is 7.89. The first-order valence-electron chi connectivity index (χ1n) is 9.46. The molecule has 2 rings (SSSR count). The third-order valence-electron chi connectivity index (χ3n) is 4.81. The maximum atomic E-state index is 13.1. The van der Waals surface area contributed by atoms with Gasteiger partial charge in [-0.3, -0.25) is 9.59 Å². The Kier molecular flexibility index (Phi) is 8.43. The van der Waals surface area contributed by atoms with Gasteiger partial charge < -0.3 is 15.0 Å². The van der Waals surface area contributed by atoms with Crippen molar-refractivity contribution < 1.29 is 22.7 Å². The van der Waals surface area contributed by atoms with Crippen LogP contribution in [0, 0.1) is 0 Å². The van der Waals surface area contributed by atoms with Crippen molar-refractivity contribution in [2.24, 2.45) is 0 Å². The van der Waals surface area contributed by atoms with Crippen molar-refractivity contribution in [3.8, 4) is 5.75 Å². The normalized spacial score (nSPS) is 12.3. The highest BCUT2D eigenvalue weighted by atomic mass is 35.5. The average molecular weight is 468 g/mol. The van der Waals surface area contributed by atoms with Gasteiger partial charge in [0.15, 0.2) is 0 Å². The minimum Gasteiger partial charge on any atom is -0.497 e. The lowest BCUT2D eigenvalue weighted by molar-refractivity contribution is -0.140. The van der Waals surface area contributed by atoms with Crippen LogP contribution in [0.5, 0.6) is 5.75 Å². The molecule has 1 unspecified atom stereocenters. The van der Waals surface area contributed by atoms with Crippen LogP contribution in [0.1, 0.15) is 12.5 Å². The first kappa shape index (κ1) is 24.6. The number of carbonyl (C=O) groups excluding carboxylic acids is 2. The molecule has 0 radical (unpaired) electrons. The second-order valence-electron chi connectivity index (χ2n) is 6.87. The SMILES string of the molecule is CNC(=O)C(C)N(Cc1ccc(OC)cc1)C(=O)CN(C)S(=O)(=O)c1ccc(Cl)cc1. The predicted octanol–water partition coefficient (Wildman–Crippen LogP) is 2.13. The zero-order valence-electron chi connectivity index (χ0n) is 17.8. The average Bonchev–Trinajstić information content (AvgIpc) is 2.76. The molecule has 0 saturated heterocycles. The van der Waals surface area contributed by atoms with E-state index in [0.29, 0.717) is 10.8 Å². The monoisotopic (exact) mass is 467 g/mol. The Morgan fingerprint density at radius 3 is 2.19 bits per heavy atom. The van der Waals surface area contributed by atoms with Crippen molar-refractivity contribution >= 4 is 33.4 Å². The van der Waals surface area contributed by atoms with Crippen molar-refractivity contribution in [1.82, 2.24) is 14.5 Å². The predicted molar refractivity (Wildman–Crippen MR) is 118 cm³/mol. The number of halogens is 1. The third-order valence-corrected chi connectivity index (χ3v) is 6.88. The van der Waals surface area contributed by atoms with Gasteiger partial charge in [-0.25, -0.2) is 8.42 Å². The van der Waals surface area contributed by atoms with E-state index < -0.39 is 28.5 Å². The van der Waals surface area contributed by atoms with Crippen LogP contribution in [0.25, 0.3) is 0 Å². The first-order valence-corrected chi connectivity index (χ1v) is 11.3. The zero-order chi connectivity index (χ0) is 23.2. The number of carbonyl (C=O) groups is 2. The van der Waals surface area contributed by atoms with E-state index in [0.717, 1.165) is 9.87 Å². The summed E-state index contributed by atoms with van der Waals surface area (Å²) >= 11 is 5.83. The summed E-state index contributed by atoms with van der Waals surface area (Å²) in [6.07, 6.45) is 0. The number of rotatable bonds is 9. The first-order chi connectivity index (χ1) is 14.6. The molecule has 0 aliphatic rings. The fourth-order valence-corrected chi connectivity index (χ4v) is 4.12. The van der Waals surface area contributed by atoms with Crippen LogP contribution in [-0.2, 0) is 26.2 Å². The number of hydrogen-bond acceptors (Lipinski definition) is 5. The highest BCUT2D eigenvalue weighted by Crippen LogP contribution is 2.19. The molecule has 1 N–H and O–H groups in total. The van der Waals surface area contributed by atoms with E-state index in [2.05, 4.69) is 5.32 Å². The lowest BCUT2D eigenvalue weighted by atomic mass is 10.1. The Hall–Kier alpha value is -2.62. The molecule has 0 bridgehead atoms. The summed E-state index contributed by atoms with van der Waals surface area (Å²) in [5.41, 5.74) is 0.771. The van der Waals surface area contributed by atoms with E-state index in [1.54, 1.807) is 38.3 Å². The molecule has 8 nitrogen and oxygen atoms in total. The Bertz CT molecular complexity index is 1010. The molecule has 31 heavy (non-hydrogen) atoms. The molecule has 0 fully saturated rings. The molecular weight excluding hydrogens is 442 g/mol. The van der Waals surface area contributed by atoms with Crippen molar-refractivity contribution in [3.05, 3.63) is 59.1 Å². The number of nitrogens with one attached hydrogen (secondary N) is 1. The van der Waals surface area contributed by atoms with Crippen molar-refractivity contribution in [2.75, 3.05) is 27.7 Å². The Morgan fingerprint density at radius 1 is 1.10 bits per heavy atom. The van der Waals surface area contributed by atoms with Gasteiger partial charge in [0.1, 0.15) is 11.8 Å². The molecule has 0 aliphatic heterocycles. The van der Waals surface area contributed by atoms with Crippen molar-refractivity contribution in [1.29, 1.82) is 0 Å². The third kappa shape index (κ3) is 6.19. The van der Waals surface area contributed by atoms with Crippen molar-refractivity contribution in [2.45, 2.75) is 24.4 Å². The topological polar surface area (TPSA) is 96.0 Å². The number of methoxy groups -OCH3 is 1. The van der Waals surface area contributed by atoms with E-state index >= 15 is 0 Å². The molecule has 10 heteroatoms. The van der Waals surface area contributed by atoms with E-state index in [-0.39, 0.29) is 17.3 Å². The zero-order valence-corrected chi connectivity index (χ0v) is 19.4. The Morgan fingerprint density at radius 2 is 1.68 bits per heavy atom. The van der Waals surface area contributed by atoms with Crippen LogP contribution >= 0.6 is 11.6 Å². The molecule has 0 aromatic heterocycles. The lowest BCUT2D eigenvalue weighted by Crippen LogP contribution is -2.50. The Labute approximate surface area is 187 Å². The fraction of sp³-hybridized carbons (Fsp3) is 0.333. The second-order valence-corrected chi connectivity index (χ2v) is 9.36. The molecule has 1 atom stereocenters. The van der Waals surface area contributed by atoms with Crippen LogP contribution in [-0.4, -0.2) is 63.2 Å². The van der Waals surface area contributed by atoms with E-state index in [1.807, 2.05) is 0 Å². The van der Waals surface area contributed by atoms with Gasteiger partial charge in [-0.15, -0.1) is 0 Å². The maximum absolute atomic E-state index is 13.1. The number of benzene rings is 2. The van der Waals surface area contributed by atoms with Gasteiger partial charge in [0.2, 0.25) is 21.8 Å². The highest BCUT2D eigenvalue weighted by Gasteiger charge is 2.29. The quantitative estimate of drug-likeness (QED) is 0.609. The van der Waals surface area contributed by atoms with E-state index in [1.165, 1.54) is 43.3 Å². The summed E-state index contributed by atoms with van der Waals surface area (Å²) in [5, 5.41) is 2.93. The summed E-state index contributed by atoms with van der Waals surface area (Å²) in [6.45, 7) is 1.29. The standard InChI is InChI=1S/C21H26ClN3O5S/c1-15(21(27)23-2)25(13-16-5-9-18(30-4)10-6-16)20(26)14-24(3)31(28,29)19-11-7-17(22)8-12-19/h5-12,15H,13-14H2,1-4H3,(H,23,27). The van der Waals surface area contributed by atoms with Gasteiger partial charge in [0.05, 0.1) is 18.6 Å². The van der Waals surface area contributed by atoms with Crippen LogP contribution in [0.3, 0.4) is 0 Å². The smallest absolute Gasteiger partial charge is 0.243 e. The molecule has 0 aliphatic carbocycles. The lowest BCUT2D eigenvalue weighted by Gasteiger charge is -2.30. The number of nitrogens with zero attached hydrogens (tertiary/aromatic N) is 2. The van der Waals surface area contributed by atoms with E-state index in [9.17, 15) is 18.0 Å². The Balaban J connectivity index is 2.24. The molecule has 2 aromatic rings. The van der Waals surface area contributed by atoms with Crippen molar-refractivity contribution in [3.63, 3.8) is 0 Å². The largest absolute Gasteiger partial charge is 0.497 e. The van der Waals surface area contributed by atoms with Crippen LogP contribution in [0.4, 0.5) is 0 Å². The van der Waals surface area contributed by atoms with Crippen LogP contribution in [0.15, 0.2) is 53.4 Å². The van der Waals surface area contributed by atoms with Gasteiger partial charge in [-0.1, -0.05) is 23.7 Å². The molecule has 2 amide bonds. The van der Waals surface area contributed by atoms with Gasteiger partial charge in [-0.2, -0.15) is 4.31 Å². The van der Waals surface area contributed by atoms with Gasteiger partial charge in [0, 0.05) is 25.7 Å². The van der Waals surface area contributed by atoms with Crippen LogP contribution < -0.4 is 10.1 Å². The minimum absolute atomic E-state index is 0.0215. The summed E-state index contributed by atoms with van der Waals surface area (Å²) in [4.78, 5) is 26.6. The molecule has 0 saturated carbocycles. The van der Waals surface area contributed by atoms with Crippen LogP contribution in [0.2, 0.25) is 5.02 Å². The summed E-state index contributed by atoms with van der Waals surface area (Å²) < 4.78 is 31.7. The van der Waals surface area contributed by atoms with Gasteiger partial charge in [0.25, 0.3) is 0 Å². The fourth-order valence-electron chi connectivity index (χ4n) is 2.87. The number of ether oxygens (including phenoxy) is 1. The molecule has 0 spiro atoms. The number of hydrogen-bond donors (Lipinski definition) is 1. The van der Waals surface area contributed by atoms with Gasteiger partial charge in [-0.05, 0) is 48.9 Å². The maximum Gasteiger partial charge on any atom is 0.243 e. The van der Waals surface area contributed by atoms with Gasteiger partial charge >= 0.3 is 0 Å². The summed E-state index contributed by atoms with van der Waals surface area (Å²) in [6, 6.07) is 11.9. The second kappa shape index (κ2) is 10.6. The summed E-state index contributed by atoms with van der Waals surface area (Å²) in [7, 11) is 0.439. The molecule has 2 aromatic carbocycles. The number of sulfonamides is 1.